The maximum Gasteiger partial charge on any atom is 0.125 e. The summed E-state index contributed by atoms with van der Waals surface area (Å²) in [5, 5.41) is 8.12. The predicted molar refractivity (Wildman–Crippen MR) is 126 cm³/mol. The van der Waals surface area contributed by atoms with Crippen LogP contribution in [0.4, 0.5) is 10.1 Å². The number of rotatable bonds is 6. The van der Waals surface area contributed by atoms with Crippen molar-refractivity contribution in [2.24, 2.45) is 0 Å². The number of fused-ring (bicyclic) bond motifs is 2. The molecule has 1 N–H and O–H groups in total. The quantitative estimate of drug-likeness (QED) is 0.318. The van der Waals surface area contributed by atoms with Crippen molar-refractivity contribution in [3.63, 3.8) is 0 Å². The molecule has 0 heterocycles. The second-order valence-corrected chi connectivity index (χ2v) is 7.55. The third-order valence-electron chi connectivity index (χ3n) is 5.57. The first-order chi connectivity index (χ1) is 15.3. The van der Waals surface area contributed by atoms with E-state index in [9.17, 15) is 4.39 Å². The van der Waals surface area contributed by atoms with Crippen molar-refractivity contribution in [3.05, 3.63) is 120 Å². The van der Waals surface area contributed by atoms with Crippen molar-refractivity contribution in [2.75, 3.05) is 5.32 Å². The Morgan fingerprint density at radius 2 is 1.32 bits per heavy atom. The zero-order valence-corrected chi connectivity index (χ0v) is 17.0. The molecule has 0 saturated carbocycles. The summed E-state index contributed by atoms with van der Waals surface area (Å²) in [6.07, 6.45) is 0. The average Bonchev–Trinajstić information content (AvgIpc) is 2.82. The molecule has 0 aromatic heterocycles. The number of benzene rings is 5. The van der Waals surface area contributed by atoms with E-state index < -0.39 is 0 Å². The minimum Gasteiger partial charge on any atom is -0.489 e. The van der Waals surface area contributed by atoms with Gasteiger partial charge in [0.25, 0.3) is 0 Å². The van der Waals surface area contributed by atoms with Crippen molar-refractivity contribution in [3.8, 4) is 5.75 Å². The van der Waals surface area contributed by atoms with Crippen LogP contribution in [0.25, 0.3) is 21.5 Å². The Morgan fingerprint density at radius 3 is 2.13 bits per heavy atom. The Bertz CT molecular complexity index is 1340. The fourth-order valence-electron chi connectivity index (χ4n) is 3.97. The van der Waals surface area contributed by atoms with Crippen LogP contribution in [-0.2, 0) is 13.2 Å². The molecule has 0 unspecified atom stereocenters. The van der Waals surface area contributed by atoms with Crippen molar-refractivity contribution in [1.82, 2.24) is 0 Å². The van der Waals surface area contributed by atoms with Gasteiger partial charge in [-0.05, 0) is 57.4 Å². The Hall–Kier alpha value is -3.85. The molecule has 5 aromatic carbocycles. The van der Waals surface area contributed by atoms with Crippen LogP contribution < -0.4 is 10.1 Å². The van der Waals surface area contributed by atoms with Crippen LogP contribution in [0.1, 0.15) is 11.1 Å². The molecule has 0 bridgehead atoms. The van der Waals surface area contributed by atoms with Gasteiger partial charge >= 0.3 is 0 Å². The maximum absolute atomic E-state index is 13.2. The van der Waals surface area contributed by atoms with E-state index in [0.717, 1.165) is 33.3 Å². The molecule has 3 heteroatoms. The number of ether oxygens (including phenoxy) is 1. The molecule has 5 aromatic rings. The molecule has 0 saturated heterocycles. The molecule has 31 heavy (non-hydrogen) atoms. The van der Waals surface area contributed by atoms with Crippen molar-refractivity contribution in [2.45, 2.75) is 13.2 Å². The topological polar surface area (TPSA) is 21.3 Å². The van der Waals surface area contributed by atoms with E-state index in [2.05, 4.69) is 66.0 Å². The van der Waals surface area contributed by atoms with Crippen LogP contribution >= 0.6 is 0 Å². The Kier molecular flexibility index (Phi) is 5.24. The molecular weight excluding hydrogens is 385 g/mol. The summed E-state index contributed by atoms with van der Waals surface area (Å²) in [6, 6.07) is 33.5. The van der Waals surface area contributed by atoms with Gasteiger partial charge in [-0.15, -0.1) is 0 Å². The lowest BCUT2D eigenvalue weighted by atomic mass is 10.0. The molecule has 0 aliphatic rings. The van der Waals surface area contributed by atoms with Crippen LogP contribution in [0.5, 0.6) is 5.75 Å². The van der Waals surface area contributed by atoms with Gasteiger partial charge in [-0.25, -0.2) is 4.39 Å². The van der Waals surface area contributed by atoms with E-state index in [-0.39, 0.29) is 5.82 Å². The molecule has 0 spiro atoms. The standard InChI is InChI=1S/C28H22FNO/c29-23-13-15-24(16-14-23)30-18-27-26-11-4-2-7-21(26)12-17-28(27)31-19-22-9-5-8-20-6-1-3-10-25(20)22/h1-17,30H,18-19H2. The first-order valence-corrected chi connectivity index (χ1v) is 10.4. The Balaban J connectivity index is 1.46. The molecular formula is C28H22FNO. The summed E-state index contributed by atoms with van der Waals surface area (Å²) >= 11 is 0. The van der Waals surface area contributed by atoms with Gasteiger partial charge in [-0.3, -0.25) is 0 Å². The highest BCUT2D eigenvalue weighted by Crippen LogP contribution is 2.30. The van der Waals surface area contributed by atoms with Gasteiger partial charge in [0.05, 0.1) is 0 Å². The maximum atomic E-state index is 13.2. The molecule has 2 nitrogen and oxygen atoms in total. The zero-order valence-electron chi connectivity index (χ0n) is 17.0. The SMILES string of the molecule is Fc1ccc(NCc2c(OCc3cccc4ccccc34)ccc3ccccc23)cc1. The minimum atomic E-state index is -0.241. The van der Waals surface area contributed by atoms with Crippen LogP contribution in [-0.4, -0.2) is 0 Å². The van der Waals surface area contributed by atoms with E-state index in [1.807, 2.05) is 18.2 Å². The first kappa shape index (κ1) is 19.1. The molecule has 0 aliphatic heterocycles. The molecule has 5 rings (SSSR count). The fraction of sp³-hybridized carbons (Fsp3) is 0.0714. The predicted octanol–water partition coefficient (Wildman–Crippen LogP) is 7.32. The summed E-state index contributed by atoms with van der Waals surface area (Å²) in [5.74, 6) is 0.607. The van der Waals surface area contributed by atoms with E-state index in [1.165, 1.54) is 22.9 Å². The first-order valence-electron chi connectivity index (χ1n) is 10.4. The van der Waals surface area contributed by atoms with Gasteiger partial charge in [0.2, 0.25) is 0 Å². The van der Waals surface area contributed by atoms with Gasteiger partial charge in [-0.1, -0.05) is 72.8 Å². The van der Waals surface area contributed by atoms with Gasteiger partial charge in [0.1, 0.15) is 18.2 Å². The van der Waals surface area contributed by atoms with Crippen LogP contribution in [0.2, 0.25) is 0 Å². The van der Waals surface area contributed by atoms with Gasteiger partial charge in [0, 0.05) is 17.8 Å². The smallest absolute Gasteiger partial charge is 0.125 e. The van der Waals surface area contributed by atoms with Crippen molar-refractivity contribution in [1.29, 1.82) is 0 Å². The van der Waals surface area contributed by atoms with Gasteiger partial charge in [0.15, 0.2) is 0 Å². The Morgan fingerprint density at radius 1 is 0.645 bits per heavy atom. The number of halogens is 1. The number of hydrogen-bond acceptors (Lipinski definition) is 2. The van der Waals surface area contributed by atoms with E-state index in [0.29, 0.717) is 13.2 Å². The van der Waals surface area contributed by atoms with Crippen molar-refractivity contribution < 1.29 is 9.13 Å². The molecule has 0 radical (unpaired) electrons. The summed E-state index contributed by atoms with van der Waals surface area (Å²) in [4.78, 5) is 0. The summed E-state index contributed by atoms with van der Waals surface area (Å²) in [7, 11) is 0. The largest absolute Gasteiger partial charge is 0.489 e. The highest BCUT2D eigenvalue weighted by atomic mass is 19.1. The molecule has 0 fully saturated rings. The van der Waals surface area contributed by atoms with Crippen molar-refractivity contribution >= 4 is 27.2 Å². The van der Waals surface area contributed by atoms with Gasteiger partial charge in [-0.2, -0.15) is 0 Å². The third kappa shape index (κ3) is 4.08. The van der Waals surface area contributed by atoms with Gasteiger partial charge < -0.3 is 10.1 Å². The normalized spacial score (nSPS) is 11.0. The Labute approximate surface area is 180 Å². The monoisotopic (exact) mass is 407 g/mol. The zero-order chi connectivity index (χ0) is 21.0. The van der Waals surface area contributed by atoms with E-state index in [1.54, 1.807) is 12.1 Å². The van der Waals surface area contributed by atoms with Crippen LogP contribution in [0.3, 0.4) is 0 Å². The fourth-order valence-corrected chi connectivity index (χ4v) is 3.97. The van der Waals surface area contributed by atoms with E-state index >= 15 is 0 Å². The lowest BCUT2D eigenvalue weighted by Crippen LogP contribution is -2.05. The summed E-state index contributed by atoms with van der Waals surface area (Å²) in [6.45, 7) is 1.07. The molecule has 152 valence electrons. The lowest BCUT2D eigenvalue weighted by Gasteiger charge is -2.16. The van der Waals surface area contributed by atoms with E-state index in [4.69, 9.17) is 4.74 Å². The minimum absolute atomic E-state index is 0.241. The number of anilines is 1. The average molecular weight is 407 g/mol. The van der Waals surface area contributed by atoms with Crippen LogP contribution in [0.15, 0.2) is 103 Å². The van der Waals surface area contributed by atoms with Crippen LogP contribution in [0, 0.1) is 5.82 Å². The second kappa shape index (κ2) is 8.49. The molecule has 0 amide bonds. The third-order valence-corrected chi connectivity index (χ3v) is 5.57. The second-order valence-electron chi connectivity index (χ2n) is 7.55. The lowest BCUT2D eigenvalue weighted by molar-refractivity contribution is 0.305. The molecule has 0 atom stereocenters. The summed E-state index contributed by atoms with van der Waals surface area (Å²) < 4.78 is 19.6. The number of nitrogens with one attached hydrogen (secondary N) is 1. The highest BCUT2D eigenvalue weighted by molar-refractivity contribution is 5.88. The highest BCUT2D eigenvalue weighted by Gasteiger charge is 2.10. The summed E-state index contributed by atoms with van der Waals surface area (Å²) in [5.41, 5.74) is 3.11. The number of hydrogen-bond donors (Lipinski definition) is 1. The molecule has 0 aliphatic carbocycles.